The molecule has 1 amide bonds. The number of hydrogen-bond donors (Lipinski definition) is 0. The molecule has 0 saturated carbocycles. The van der Waals surface area contributed by atoms with Crippen LogP contribution >= 0.6 is 11.6 Å². The monoisotopic (exact) mass is 517 g/mol. The lowest BCUT2D eigenvalue weighted by molar-refractivity contribution is -0.140. The van der Waals surface area contributed by atoms with Crippen LogP contribution in [0, 0.1) is 16.7 Å². The Morgan fingerprint density at radius 3 is 2.39 bits per heavy atom. The van der Waals surface area contributed by atoms with Crippen LogP contribution in [-0.4, -0.2) is 49.9 Å². The molecule has 2 heterocycles. The number of benzene rings is 1. The summed E-state index contributed by atoms with van der Waals surface area (Å²) in [5.41, 5.74) is 1.01. The van der Waals surface area contributed by atoms with Gasteiger partial charge in [0.2, 0.25) is 0 Å². The van der Waals surface area contributed by atoms with Crippen molar-refractivity contribution in [1.29, 1.82) is 5.26 Å². The summed E-state index contributed by atoms with van der Waals surface area (Å²) in [6.45, 7) is 16.3. The van der Waals surface area contributed by atoms with Gasteiger partial charge in [-0.1, -0.05) is 64.1 Å². The molecule has 1 aromatic rings. The third-order valence-electron chi connectivity index (χ3n) is 5.94. The maximum absolute atomic E-state index is 13.1. The van der Waals surface area contributed by atoms with Crippen molar-refractivity contribution in [2.45, 2.75) is 53.1 Å². The first-order valence-electron chi connectivity index (χ1n) is 12.2. The summed E-state index contributed by atoms with van der Waals surface area (Å²) in [6.07, 6.45) is 4.06. The number of carbonyl (C=O) groups is 2. The van der Waals surface area contributed by atoms with Crippen molar-refractivity contribution in [3.05, 3.63) is 59.4 Å². The summed E-state index contributed by atoms with van der Waals surface area (Å²) >= 11 is 6.11. The van der Waals surface area contributed by atoms with Gasteiger partial charge >= 0.3 is 0 Å². The molecule has 1 atom stereocenters. The van der Waals surface area contributed by atoms with E-state index in [2.05, 4.69) is 19.2 Å². The van der Waals surface area contributed by atoms with Gasteiger partial charge in [0.25, 0.3) is 5.91 Å². The minimum absolute atomic E-state index is 0.163. The van der Waals surface area contributed by atoms with Gasteiger partial charge in [0, 0.05) is 25.7 Å². The number of rotatable bonds is 6. The molecule has 1 fully saturated rings. The molecule has 2 aliphatic heterocycles. The Bertz CT molecular complexity index is 1020. The molecule has 0 aliphatic carbocycles. The SMILES string of the molecule is C=C(F)/C=C\C(=C)CC1(C#N)CCN(C(=O)C2CN(C)c3cc(Cl)c(C=O)cc3O2)CC1.CC.CC. The number of nitrogens with zero attached hydrogens (tertiary/aromatic N) is 3. The van der Waals surface area contributed by atoms with Gasteiger partial charge < -0.3 is 14.5 Å². The van der Waals surface area contributed by atoms with Crippen molar-refractivity contribution in [2.24, 2.45) is 5.41 Å². The molecule has 36 heavy (non-hydrogen) atoms. The molecule has 196 valence electrons. The van der Waals surface area contributed by atoms with Gasteiger partial charge in [0.1, 0.15) is 11.6 Å². The number of likely N-dealkylation sites (tertiary alicyclic amines) is 1. The molecule has 0 bridgehead atoms. The molecule has 3 rings (SSSR count). The highest BCUT2D eigenvalue weighted by Crippen LogP contribution is 2.39. The highest BCUT2D eigenvalue weighted by Gasteiger charge is 2.39. The summed E-state index contributed by atoms with van der Waals surface area (Å²) < 4.78 is 18.8. The number of piperidine rings is 1. The lowest BCUT2D eigenvalue weighted by Gasteiger charge is -2.40. The zero-order valence-corrected chi connectivity index (χ0v) is 22.7. The van der Waals surface area contributed by atoms with Crippen molar-refractivity contribution < 1.29 is 18.7 Å². The molecular formula is C28H37ClFN3O3. The van der Waals surface area contributed by atoms with Gasteiger partial charge in [0.15, 0.2) is 12.4 Å². The first-order chi connectivity index (χ1) is 17.2. The minimum Gasteiger partial charge on any atom is -0.477 e. The van der Waals surface area contributed by atoms with Gasteiger partial charge in [-0.3, -0.25) is 9.59 Å². The van der Waals surface area contributed by atoms with Crippen LogP contribution in [0.3, 0.4) is 0 Å². The molecule has 0 aromatic heterocycles. The van der Waals surface area contributed by atoms with Crippen LogP contribution in [0.25, 0.3) is 0 Å². The van der Waals surface area contributed by atoms with Gasteiger partial charge in [-0.2, -0.15) is 5.26 Å². The second kappa shape index (κ2) is 14.4. The Kier molecular flexibility index (Phi) is 12.4. The number of likely N-dealkylation sites (N-methyl/N-ethyl adjacent to an activating group) is 1. The first kappa shape index (κ1) is 30.9. The van der Waals surface area contributed by atoms with Crippen molar-refractivity contribution >= 4 is 29.5 Å². The van der Waals surface area contributed by atoms with E-state index in [1.54, 1.807) is 17.0 Å². The minimum atomic E-state index is -0.726. The predicted molar refractivity (Wildman–Crippen MR) is 144 cm³/mol. The topological polar surface area (TPSA) is 73.6 Å². The van der Waals surface area contributed by atoms with E-state index in [-0.39, 0.29) is 5.91 Å². The predicted octanol–water partition coefficient (Wildman–Crippen LogP) is 6.52. The normalized spacial score (nSPS) is 17.8. The standard InChI is InChI=1S/C24H25ClFN3O3.2C2H6/c1-16(4-5-17(2)26)12-24(15-27)6-8-29(9-7-24)23(31)22-13-28(3)20-11-19(25)18(14-30)10-21(20)32-22;2*1-2/h4-5,10-11,14,22H,1-2,6-9,12-13H2,3H3;2*1-2H3/b5-4-;;. The Hall–Kier alpha value is -3.11. The van der Waals surface area contributed by atoms with Gasteiger partial charge in [-0.05, 0) is 37.5 Å². The highest BCUT2D eigenvalue weighted by molar-refractivity contribution is 6.33. The zero-order valence-electron chi connectivity index (χ0n) is 21.9. The Labute approximate surface area is 219 Å². The number of amides is 1. The van der Waals surface area contributed by atoms with Crippen molar-refractivity contribution in [3.63, 3.8) is 0 Å². The van der Waals surface area contributed by atoms with E-state index in [1.165, 1.54) is 12.2 Å². The van der Waals surface area contributed by atoms with Crippen LogP contribution in [0.1, 0.15) is 57.3 Å². The lowest BCUT2D eigenvalue weighted by Crippen LogP contribution is -2.52. The fourth-order valence-corrected chi connectivity index (χ4v) is 4.30. The van der Waals surface area contributed by atoms with E-state index in [9.17, 15) is 19.2 Å². The van der Waals surface area contributed by atoms with Crippen molar-refractivity contribution in [1.82, 2.24) is 4.90 Å². The van der Waals surface area contributed by atoms with Crippen LogP contribution < -0.4 is 9.64 Å². The summed E-state index contributed by atoms with van der Waals surface area (Å²) in [6, 6.07) is 5.58. The second-order valence-electron chi connectivity index (χ2n) is 8.28. The van der Waals surface area contributed by atoms with Crippen LogP contribution in [0.4, 0.5) is 10.1 Å². The fraction of sp³-hybridized carbons (Fsp3) is 0.464. The molecule has 1 aromatic carbocycles. The average molecular weight is 518 g/mol. The number of ether oxygens (including phenoxy) is 1. The van der Waals surface area contributed by atoms with E-state index in [1.807, 2.05) is 39.6 Å². The van der Waals surface area contributed by atoms with Gasteiger partial charge in [0.05, 0.1) is 28.7 Å². The molecule has 8 heteroatoms. The maximum Gasteiger partial charge on any atom is 0.265 e. The number of halogens is 2. The van der Waals surface area contributed by atoms with Gasteiger partial charge in [-0.15, -0.1) is 0 Å². The number of allylic oxidation sites excluding steroid dienone is 4. The second-order valence-corrected chi connectivity index (χ2v) is 8.69. The van der Waals surface area contributed by atoms with E-state index in [0.717, 1.165) is 0 Å². The number of nitriles is 1. The number of fused-ring (bicyclic) bond motifs is 1. The Morgan fingerprint density at radius 1 is 1.25 bits per heavy atom. The lowest BCUT2D eigenvalue weighted by atomic mass is 9.75. The third kappa shape index (κ3) is 7.69. The molecule has 1 unspecified atom stereocenters. The third-order valence-corrected chi connectivity index (χ3v) is 6.26. The molecule has 1 saturated heterocycles. The smallest absolute Gasteiger partial charge is 0.265 e. The summed E-state index contributed by atoms with van der Waals surface area (Å²) in [5, 5.41) is 10.1. The summed E-state index contributed by atoms with van der Waals surface area (Å²) in [4.78, 5) is 27.9. The number of hydrogen-bond acceptors (Lipinski definition) is 5. The molecule has 0 radical (unpaired) electrons. The molecule has 6 nitrogen and oxygen atoms in total. The number of aldehydes is 1. The zero-order chi connectivity index (χ0) is 27.5. The van der Waals surface area contributed by atoms with Crippen molar-refractivity contribution in [3.8, 4) is 11.8 Å². The van der Waals surface area contributed by atoms with E-state index in [4.69, 9.17) is 16.3 Å². The first-order valence-corrected chi connectivity index (χ1v) is 12.6. The van der Waals surface area contributed by atoms with Crippen LogP contribution in [0.15, 0.2) is 48.8 Å². The quantitative estimate of drug-likeness (QED) is 0.317. The molecule has 0 N–H and O–H groups in total. The average Bonchev–Trinajstić information content (AvgIpc) is 2.89. The van der Waals surface area contributed by atoms with Crippen LogP contribution in [0.5, 0.6) is 5.75 Å². The summed E-state index contributed by atoms with van der Waals surface area (Å²) in [7, 11) is 1.83. The maximum atomic E-state index is 13.1. The van der Waals surface area contributed by atoms with Gasteiger partial charge in [-0.25, -0.2) is 4.39 Å². The van der Waals surface area contributed by atoms with E-state index < -0.39 is 17.3 Å². The van der Waals surface area contributed by atoms with Crippen molar-refractivity contribution in [2.75, 3.05) is 31.6 Å². The number of anilines is 1. The Morgan fingerprint density at radius 2 is 1.86 bits per heavy atom. The largest absolute Gasteiger partial charge is 0.477 e. The number of carbonyl (C=O) groups excluding carboxylic acids is 2. The van der Waals surface area contributed by atoms with E-state index >= 15 is 0 Å². The Balaban J connectivity index is 0.00000154. The molecule has 0 spiro atoms. The highest BCUT2D eigenvalue weighted by atomic mass is 35.5. The van der Waals surface area contributed by atoms with E-state index in [0.29, 0.717) is 72.8 Å². The molecular weight excluding hydrogens is 481 g/mol. The fourth-order valence-electron chi connectivity index (χ4n) is 4.10. The van der Waals surface area contributed by atoms with Crippen LogP contribution in [-0.2, 0) is 4.79 Å². The summed E-state index contributed by atoms with van der Waals surface area (Å²) in [5.74, 6) is -0.298. The van der Waals surface area contributed by atoms with Crippen LogP contribution in [0.2, 0.25) is 5.02 Å². The molecule has 2 aliphatic rings.